The largest absolute Gasteiger partial charge is 0.440 e. The lowest BCUT2D eigenvalue weighted by atomic mass is 9.92. The van der Waals surface area contributed by atoms with Gasteiger partial charge in [-0.25, -0.2) is 4.98 Å². The van der Waals surface area contributed by atoms with Gasteiger partial charge in [0.15, 0.2) is 0 Å². The van der Waals surface area contributed by atoms with Crippen LogP contribution in [0.2, 0.25) is 5.02 Å². The zero-order valence-corrected chi connectivity index (χ0v) is 18.1. The molecule has 0 N–H and O–H groups in total. The van der Waals surface area contributed by atoms with Crippen LogP contribution in [0.15, 0.2) is 53.0 Å². The van der Waals surface area contributed by atoms with Gasteiger partial charge in [0, 0.05) is 11.1 Å². The highest BCUT2D eigenvalue weighted by atomic mass is 35.5. The van der Waals surface area contributed by atoms with Gasteiger partial charge < -0.3 is 9.47 Å². The number of allylic oxidation sites excluding steroid dienone is 1. The minimum absolute atomic E-state index is 0.0293. The Hall–Kier alpha value is -2.26. The first kappa shape index (κ1) is 23.0. The van der Waals surface area contributed by atoms with Crippen LogP contribution in [0.5, 0.6) is 11.6 Å². The summed E-state index contributed by atoms with van der Waals surface area (Å²) in [6, 6.07) is 13.6. The van der Waals surface area contributed by atoms with Crippen molar-refractivity contribution in [2.45, 2.75) is 26.4 Å². The van der Waals surface area contributed by atoms with E-state index >= 15 is 0 Å². The smallest absolute Gasteiger partial charge is 0.311 e. The molecule has 2 atom stereocenters. The van der Waals surface area contributed by atoms with Gasteiger partial charge >= 0.3 is 5.97 Å². The van der Waals surface area contributed by atoms with E-state index in [4.69, 9.17) is 44.3 Å². The Kier molecular flexibility index (Phi) is 8.78. The van der Waals surface area contributed by atoms with E-state index in [1.54, 1.807) is 42.5 Å². The number of rotatable bonds is 8. The number of halogens is 3. The normalized spacial score (nSPS) is 12.6. The Morgan fingerprint density at radius 3 is 2.48 bits per heavy atom. The average Bonchev–Trinajstić information content (AvgIpc) is 2.67. The first-order valence-corrected chi connectivity index (χ1v) is 9.95. The Bertz CT molecular complexity index is 904. The molecule has 2 rings (SSSR count). The molecule has 2 aromatic rings. The summed E-state index contributed by atoms with van der Waals surface area (Å²) >= 11 is 17.1. The first-order valence-electron chi connectivity index (χ1n) is 8.81. The van der Waals surface area contributed by atoms with Gasteiger partial charge in [-0.3, -0.25) is 4.79 Å². The third-order valence-corrected chi connectivity index (χ3v) is 4.60. The number of carbonyl (C=O) groups excluding carboxylic acids is 1. The monoisotopic (exact) mass is 452 g/mol. The summed E-state index contributed by atoms with van der Waals surface area (Å²) in [4.78, 5) is 16.9. The molecule has 29 heavy (non-hydrogen) atoms. The van der Waals surface area contributed by atoms with Crippen LogP contribution < -0.4 is 4.74 Å². The third kappa shape index (κ3) is 7.25. The highest BCUT2D eigenvalue weighted by Crippen LogP contribution is 2.26. The maximum Gasteiger partial charge on any atom is 0.311 e. The van der Waals surface area contributed by atoms with Crippen molar-refractivity contribution in [3.8, 4) is 17.7 Å². The standard InChI is InChI=1S/C21H19Cl3N2O3/c1-13(2)16(10-11-19(23)24)21(27)29-18(12-25)17-4-3-5-20(26-17)28-15-8-6-14(22)7-9-15/h3-9,11,13,16,18H,10H2,1-2H3. The predicted molar refractivity (Wildman–Crippen MR) is 113 cm³/mol. The summed E-state index contributed by atoms with van der Waals surface area (Å²) in [5.41, 5.74) is 0.265. The van der Waals surface area contributed by atoms with Crippen molar-refractivity contribution in [3.63, 3.8) is 0 Å². The van der Waals surface area contributed by atoms with Crippen molar-refractivity contribution in [2.75, 3.05) is 0 Å². The molecule has 0 saturated carbocycles. The van der Waals surface area contributed by atoms with Crippen molar-refractivity contribution < 1.29 is 14.3 Å². The zero-order chi connectivity index (χ0) is 21.4. The van der Waals surface area contributed by atoms with E-state index in [2.05, 4.69) is 4.98 Å². The van der Waals surface area contributed by atoms with E-state index in [1.807, 2.05) is 19.9 Å². The second kappa shape index (κ2) is 11.1. The molecule has 0 aliphatic heterocycles. The van der Waals surface area contributed by atoms with Crippen LogP contribution in [-0.4, -0.2) is 11.0 Å². The van der Waals surface area contributed by atoms with Crippen LogP contribution in [0, 0.1) is 23.2 Å². The number of pyridine rings is 1. The Labute approximate surface area is 184 Å². The molecule has 0 amide bonds. The molecule has 0 spiro atoms. The molecular formula is C21H19Cl3N2O3. The molecule has 152 valence electrons. The van der Waals surface area contributed by atoms with Gasteiger partial charge in [0.1, 0.15) is 16.3 Å². The van der Waals surface area contributed by atoms with Crippen LogP contribution in [0.4, 0.5) is 0 Å². The molecule has 1 aromatic carbocycles. The number of ether oxygens (including phenoxy) is 2. The summed E-state index contributed by atoms with van der Waals surface area (Å²) in [6.45, 7) is 3.75. The summed E-state index contributed by atoms with van der Waals surface area (Å²) < 4.78 is 11.2. The second-order valence-electron chi connectivity index (χ2n) is 6.48. The molecule has 1 heterocycles. The fraction of sp³-hybridized carbons (Fsp3) is 0.286. The lowest BCUT2D eigenvalue weighted by Crippen LogP contribution is -2.24. The van der Waals surface area contributed by atoms with Crippen molar-refractivity contribution in [1.82, 2.24) is 4.98 Å². The van der Waals surface area contributed by atoms with Crippen LogP contribution in [0.3, 0.4) is 0 Å². The van der Waals surface area contributed by atoms with E-state index in [0.717, 1.165) is 0 Å². The van der Waals surface area contributed by atoms with E-state index < -0.39 is 18.0 Å². The van der Waals surface area contributed by atoms with E-state index in [9.17, 15) is 10.1 Å². The molecule has 0 fully saturated rings. The number of benzene rings is 1. The molecule has 0 aliphatic rings. The summed E-state index contributed by atoms with van der Waals surface area (Å²) in [5.74, 6) is -0.249. The number of hydrogen-bond donors (Lipinski definition) is 0. The van der Waals surface area contributed by atoms with E-state index in [-0.39, 0.29) is 22.0 Å². The van der Waals surface area contributed by atoms with E-state index in [1.165, 1.54) is 6.08 Å². The first-order chi connectivity index (χ1) is 13.8. The number of aromatic nitrogens is 1. The average molecular weight is 454 g/mol. The van der Waals surface area contributed by atoms with Crippen LogP contribution >= 0.6 is 34.8 Å². The zero-order valence-electron chi connectivity index (χ0n) is 15.8. The number of nitrogens with zero attached hydrogens (tertiary/aromatic N) is 2. The van der Waals surface area contributed by atoms with Gasteiger partial charge in [-0.2, -0.15) is 5.26 Å². The Balaban J connectivity index is 2.14. The van der Waals surface area contributed by atoms with Crippen LogP contribution in [0.25, 0.3) is 0 Å². The molecule has 0 aliphatic carbocycles. The maximum absolute atomic E-state index is 12.6. The molecule has 0 saturated heterocycles. The number of nitriles is 1. The molecule has 5 nitrogen and oxygen atoms in total. The highest BCUT2D eigenvalue weighted by Gasteiger charge is 2.27. The Morgan fingerprint density at radius 1 is 1.21 bits per heavy atom. The number of hydrogen-bond acceptors (Lipinski definition) is 5. The van der Waals surface area contributed by atoms with Gasteiger partial charge in [-0.1, -0.05) is 60.8 Å². The minimum atomic E-state index is -1.17. The lowest BCUT2D eigenvalue weighted by Gasteiger charge is -2.20. The maximum atomic E-state index is 12.6. The predicted octanol–water partition coefficient (Wildman–Crippen LogP) is 6.62. The lowest BCUT2D eigenvalue weighted by molar-refractivity contribution is -0.153. The van der Waals surface area contributed by atoms with Gasteiger partial charge in [0.25, 0.3) is 0 Å². The Morgan fingerprint density at radius 2 is 1.90 bits per heavy atom. The van der Waals surface area contributed by atoms with Crippen LogP contribution in [-0.2, 0) is 9.53 Å². The summed E-state index contributed by atoms with van der Waals surface area (Å²) in [7, 11) is 0. The van der Waals surface area contributed by atoms with Gasteiger partial charge in [0.2, 0.25) is 12.0 Å². The fourth-order valence-corrected chi connectivity index (χ4v) is 2.77. The van der Waals surface area contributed by atoms with Crippen molar-refractivity contribution in [3.05, 3.63) is 63.7 Å². The molecule has 8 heteroatoms. The van der Waals surface area contributed by atoms with E-state index in [0.29, 0.717) is 17.2 Å². The van der Waals surface area contributed by atoms with Crippen molar-refractivity contribution >= 4 is 40.8 Å². The molecule has 0 bridgehead atoms. The van der Waals surface area contributed by atoms with Gasteiger partial charge in [-0.15, -0.1) is 0 Å². The number of esters is 1. The molecule has 0 radical (unpaired) electrons. The van der Waals surface area contributed by atoms with Crippen LogP contribution in [0.1, 0.15) is 32.1 Å². The van der Waals surface area contributed by atoms with Crippen molar-refractivity contribution in [1.29, 1.82) is 5.26 Å². The summed E-state index contributed by atoms with van der Waals surface area (Å²) in [5, 5.41) is 10.1. The molecule has 2 unspecified atom stereocenters. The number of carbonyl (C=O) groups is 1. The summed E-state index contributed by atoms with van der Waals surface area (Å²) in [6.07, 6.45) is 0.673. The third-order valence-electron chi connectivity index (χ3n) is 4.03. The molecular weight excluding hydrogens is 435 g/mol. The second-order valence-corrected chi connectivity index (χ2v) is 7.93. The van der Waals surface area contributed by atoms with Gasteiger partial charge in [0.05, 0.1) is 11.6 Å². The highest BCUT2D eigenvalue weighted by molar-refractivity contribution is 6.55. The minimum Gasteiger partial charge on any atom is -0.440 e. The SMILES string of the molecule is CC(C)C(CC=C(Cl)Cl)C(=O)OC(C#N)c1cccc(Oc2ccc(Cl)cc2)n1. The van der Waals surface area contributed by atoms with Crippen molar-refractivity contribution in [2.24, 2.45) is 11.8 Å². The van der Waals surface area contributed by atoms with Gasteiger partial charge in [-0.05, 0) is 42.7 Å². The molecule has 1 aromatic heterocycles. The quantitative estimate of drug-likeness (QED) is 0.420. The fourth-order valence-electron chi connectivity index (χ4n) is 2.47. The topological polar surface area (TPSA) is 72.2 Å².